The number of ether oxygens (including phenoxy) is 8. The monoisotopic (exact) mass is 1030 g/mol. The molecule has 0 unspecified atom stereocenters. The first-order valence-electron chi connectivity index (χ1n) is 25.2. The van der Waals surface area contributed by atoms with Gasteiger partial charge in [-0.05, 0) is 73.2 Å². The molecule has 0 aromatic heterocycles. The zero-order valence-corrected chi connectivity index (χ0v) is 42.9. The van der Waals surface area contributed by atoms with Crippen LogP contribution in [0.3, 0.4) is 0 Å². The van der Waals surface area contributed by atoms with Gasteiger partial charge in [-0.2, -0.15) is 0 Å². The van der Waals surface area contributed by atoms with Gasteiger partial charge in [0.05, 0.1) is 37.6 Å². The van der Waals surface area contributed by atoms with Crippen molar-refractivity contribution in [3.63, 3.8) is 0 Å². The van der Waals surface area contributed by atoms with Crippen molar-refractivity contribution in [2.24, 2.45) is 5.11 Å². The molecule has 0 spiro atoms. The van der Waals surface area contributed by atoms with Crippen LogP contribution in [0, 0.1) is 0 Å². The number of hydrogen-bond acceptors (Lipinski definition) is 12. The minimum atomic E-state index is -3.27. The van der Waals surface area contributed by atoms with E-state index in [9.17, 15) is 15.1 Å². The molecule has 384 valence electrons. The van der Waals surface area contributed by atoms with Crippen LogP contribution in [0.4, 0.5) is 0 Å². The van der Waals surface area contributed by atoms with Crippen molar-refractivity contribution in [1.82, 2.24) is 0 Å². The second-order valence-electron chi connectivity index (χ2n) is 19.9. The van der Waals surface area contributed by atoms with Crippen molar-refractivity contribution in [3.8, 4) is 0 Å². The zero-order valence-electron chi connectivity index (χ0n) is 41.9. The molecule has 2 bridgehead atoms. The van der Waals surface area contributed by atoms with Gasteiger partial charge in [-0.25, -0.2) is 9.59 Å². The number of fused-ring (bicyclic) bond motifs is 3. The fraction of sp³-hybridized carbons (Fsp3) is 0.300. The molecule has 3 saturated heterocycles. The second kappa shape index (κ2) is 23.3. The summed E-state index contributed by atoms with van der Waals surface area (Å²) in [4.78, 5) is 31.6. The molecule has 0 radical (unpaired) electrons. The van der Waals surface area contributed by atoms with E-state index >= 15 is 0 Å². The summed E-state index contributed by atoms with van der Waals surface area (Å²) in [5.41, 5.74) is 12.7. The van der Waals surface area contributed by atoms with Gasteiger partial charge >= 0.3 is 11.9 Å². The summed E-state index contributed by atoms with van der Waals surface area (Å²) < 4.78 is 61.0. The van der Waals surface area contributed by atoms with Gasteiger partial charge in [-0.15, -0.1) is 0 Å². The first-order chi connectivity index (χ1) is 36.6. The van der Waals surface area contributed by atoms with Crippen LogP contribution in [-0.4, -0.2) is 94.8 Å². The van der Waals surface area contributed by atoms with E-state index in [0.717, 1.165) is 32.3 Å². The van der Waals surface area contributed by atoms with Crippen LogP contribution < -0.4 is 10.4 Å². The smallest absolute Gasteiger partial charge is 0.338 e. The summed E-state index contributed by atoms with van der Waals surface area (Å²) in [7, 11) is -3.27. The summed E-state index contributed by atoms with van der Waals surface area (Å²) in [5.74, 6) is -1.30. The third-order valence-electron chi connectivity index (χ3n) is 14.0. The van der Waals surface area contributed by atoms with E-state index < -0.39 is 86.6 Å². The quantitative estimate of drug-likeness (QED) is 0.0264. The lowest BCUT2D eigenvalue weighted by Crippen LogP contribution is -2.69. The lowest BCUT2D eigenvalue weighted by Gasteiger charge is -2.48. The van der Waals surface area contributed by atoms with E-state index in [0.29, 0.717) is 5.56 Å². The summed E-state index contributed by atoms with van der Waals surface area (Å²) in [5, 5.41) is 8.01. The van der Waals surface area contributed by atoms with Crippen LogP contribution >= 0.6 is 0 Å². The average molecular weight is 1030 g/mol. The maximum Gasteiger partial charge on any atom is 0.338 e. The lowest BCUT2D eigenvalue weighted by molar-refractivity contribution is -0.322. The standard InChI is InChI=1S/C60H59N3O11Si/c1-60(2,3)75(46-29-15-7-16-30-46,47-31-17-8-18-32-47)69-39-49-51(66-37-41-33-34-42-23-19-20-28-45(42)35-41)53(72-56(64)43-24-11-5-12-25-43)50(62-63-61)58(70-49)74-52-48-38-68-59(71-48)55(73-57(65)44-26-13-6-14-27-44)54(52)67-36-40-21-9-4-10-22-40/h4-35,48-55,58-59H,36-39H2,1-3H3/t48-,49+,50+,51+,52+,53+,54-,55+,58+,59-/m0/s1. The van der Waals surface area contributed by atoms with E-state index in [1.165, 1.54) is 0 Å². The average Bonchev–Trinajstić information content (AvgIpc) is 3.89. The molecule has 7 aromatic rings. The fourth-order valence-corrected chi connectivity index (χ4v) is 15.0. The molecule has 0 amide bonds. The van der Waals surface area contributed by atoms with Crippen molar-refractivity contribution in [2.75, 3.05) is 13.2 Å². The van der Waals surface area contributed by atoms with Gasteiger partial charge in [0.2, 0.25) is 0 Å². The van der Waals surface area contributed by atoms with E-state index in [1.54, 1.807) is 54.6 Å². The molecule has 75 heavy (non-hydrogen) atoms. The van der Waals surface area contributed by atoms with Gasteiger partial charge in [0.1, 0.15) is 42.7 Å². The molecule has 3 fully saturated rings. The molecule has 3 aliphatic heterocycles. The van der Waals surface area contributed by atoms with E-state index in [-0.39, 0.29) is 32.0 Å². The number of carbonyl (C=O) groups excluding carboxylic acids is 2. The van der Waals surface area contributed by atoms with E-state index in [2.05, 4.69) is 55.1 Å². The van der Waals surface area contributed by atoms with Gasteiger partial charge in [0, 0.05) is 4.91 Å². The Morgan fingerprint density at radius 1 is 0.600 bits per heavy atom. The number of rotatable bonds is 18. The molecule has 0 saturated carbocycles. The largest absolute Gasteiger partial charge is 0.455 e. The number of nitrogens with zero attached hydrogens (tertiary/aromatic N) is 3. The van der Waals surface area contributed by atoms with Crippen LogP contribution in [0.1, 0.15) is 52.6 Å². The first kappa shape index (κ1) is 51.5. The highest BCUT2D eigenvalue weighted by Gasteiger charge is 2.58. The van der Waals surface area contributed by atoms with Gasteiger partial charge in [-0.3, -0.25) is 0 Å². The Labute approximate surface area is 437 Å². The van der Waals surface area contributed by atoms with Gasteiger partial charge in [0.15, 0.2) is 18.7 Å². The Kier molecular flexibility index (Phi) is 16.0. The number of benzene rings is 7. The Bertz CT molecular complexity index is 3020. The molecule has 0 aliphatic carbocycles. The molecule has 10 rings (SSSR count). The maximum absolute atomic E-state index is 14.5. The topological polar surface area (TPSA) is 166 Å². The number of esters is 2. The summed E-state index contributed by atoms with van der Waals surface area (Å²) in [6, 6.07) is 59.9. The molecule has 14 nitrogen and oxygen atoms in total. The zero-order chi connectivity index (χ0) is 51.8. The Morgan fingerprint density at radius 3 is 1.73 bits per heavy atom. The molecule has 7 aromatic carbocycles. The Hall–Kier alpha value is -7.01. The summed E-state index contributed by atoms with van der Waals surface area (Å²) in [6.45, 7) is 6.66. The van der Waals surface area contributed by atoms with Crippen LogP contribution in [-0.2, 0) is 55.5 Å². The van der Waals surface area contributed by atoms with Crippen molar-refractivity contribution in [1.29, 1.82) is 0 Å². The molecular formula is C60H59N3O11Si. The fourth-order valence-electron chi connectivity index (χ4n) is 10.4. The van der Waals surface area contributed by atoms with Crippen LogP contribution in [0.25, 0.3) is 21.2 Å². The normalized spacial score (nSPS) is 24.5. The molecule has 3 heterocycles. The minimum Gasteiger partial charge on any atom is -0.455 e. The third-order valence-corrected chi connectivity index (χ3v) is 19.0. The van der Waals surface area contributed by atoms with Crippen molar-refractivity contribution in [2.45, 2.75) is 100 Å². The number of carbonyl (C=O) groups is 2. The van der Waals surface area contributed by atoms with Gasteiger partial charge in [-0.1, -0.05) is 190 Å². The van der Waals surface area contributed by atoms with Crippen molar-refractivity contribution >= 4 is 41.4 Å². The maximum atomic E-state index is 14.5. The highest BCUT2D eigenvalue weighted by Crippen LogP contribution is 2.41. The van der Waals surface area contributed by atoms with E-state index in [4.69, 9.17) is 42.3 Å². The van der Waals surface area contributed by atoms with Crippen LogP contribution in [0.15, 0.2) is 199 Å². The second-order valence-corrected chi connectivity index (χ2v) is 24.2. The predicted octanol–water partition coefficient (Wildman–Crippen LogP) is 9.88. The summed E-state index contributed by atoms with van der Waals surface area (Å²) in [6.07, 6.45) is -9.91. The number of hydrogen-bond donors (Lipinski definition) is 0. The highest BCUT2D eigenvalue weighted by molar-refractivity contribution is 6.99. The SMILES string of the molecule is CC(C)(C)[Si](OC[C@H]1O[C@H](O[C@H]2[C@H](OCc3ccccc3)[C@@H](OC(=O)c3ccccc3)[C@H]3OC[C@@H]2O3)[C@H](N=[N+]=[N-])[C@@H](OC(=O)c2ccccc2)[C@@H]1OCc1ccc2ccccc2c1)(c1ccccc1)c1ccccc1. The summed E-state index contributed by atoms with van der Waals surface area (Å²) >= 11 is 0. The minimum absolute atomic E-state index is 0.0448. The molecule has 3 aliphatic rings. The molecule has 10 atom stereocenters. The Morgan fingerprint density at radius 2 is 1.13 bits per heavy atom. The molecular weight excluding hydrogens is 967 g/mol. The first-order valence-corrected chi connectivity index (χ1v) is 27.1. The van der Waals surface area contributed by atoms with Gasteiger partial charge in [0.25, 0.3) is 8.32 Å². The van der Waals surface area contributed by atoms with Crippen molar-refractivity contribution < 1.29 is 51.9 Å². The predicted molar refractivity (Wildman–Crippen MR) is 283 cm³/mol. The van der Waals surface area contributed by atoms with Crippen LogP contribution in [0.2, 0.25) is 5.04 Å². The highest BCUT2D eigenvalue weighted by atomic mass is 28.4. The number of azide groups is 1. The Balaban J connectivity index is 1.07. The van der Waals surface area contributed by atoms with Crippen molar-refractivity contribution in [3.05, 3.63) is 227 Å². The van der Waals surface area contributed by atoms with Gasteiger partial charge < -0.3 is 42.3 Å². The van der Waals surface area contributed by atoms with E-state index in [1.807, 2.05) is 115 Å². The molecule has 0 N–H and O–H groups in total. The molecule has 15 heteroatoms. The van der Waals surface area contributed by atoms with Crippen LogP contribution in [0.5, 0.6) is 0 Å². The third kappa shape index (κ3) is 11.3. The lowest BCUT2D eigenvalue weighted by atomic mass is 9.95.